The fourth-order valence-electron chi connectivity index (χ4n) is 2.99. The van der Waals surface area contributed by atoms with Gasteiger partial charge in [0, 0.05) is 25.9 Å². The molecule has 0 radical (unpaired) electrons. The summed E-state index contributed by atoms with van der Waals surface area (Å²) in [5.74, 6) is 1.31. The molecule has 0 atom stereocenters. The molecule has 1 aliphatic carbocycles. The van der Waals surface area contributed by atoms with Crippen LogP contribution in [-0.2, 0) is 9.59 Å². The molecule has 0 aromatic rings. The molecule has 1 saturated heterocycles. The second-order valence-electron chi connectivity index (χ2n) is 6.04. The summed E-state index contributed by atoms with van der Waals surface area (Å²) >= 11 is 0. The van der Waals surface area contributed by atoms with E-state index in [1.807, 2.05) is 4.90 Å². The molecule has 17 heavy (non-hydrogen) atoms. The Kier molecular flexibility index (Phi) is 3.55. The Labute approximate surface area is 104 Å². The van der Waals surface area contributed by atoms with Crippen LogP contribution in [0.5, 0.6) is 0 Å². The highest BCUT2D eigenvalue weighted by molar-refractivity contribution is 5.88. The lowest BCUT2D eigenvalue weighted by Gasteiger charge is -2.31. The molecule has 3 heteroatoms. The molecule has 0 N–H and O–H groups in total. The van der Waals surface area contributed by atoms with Gasteiger partial charge in [-0.05, 0) is 31.6 Å². The van der Waals surface area contributed by atoms with Crippen molar-refractivity contribution in [1.29, 1.82) is 0 Å². The number of likely N-dealkylation sites (tertiary alicyclic amines) is 1. The number of Topliss-reactive ketones (excluding diaryl/α,β-unsaturated/α-hetero) is 1. The molecule has 0 aromatic heterocycles. The SMILES string of the molecule is CC(C)CCN1CCC2(CCC(=O)CC2)C1=O. The van der Waals surface area contributed by atoms with Gasteiger partial charge in [0.15, 0.2) is 0 Å². The summed E-state index contributed by atoms with van der Waals surface area (Å²) in [4.78, 5) is 25.7. The van der Waals surface area contributed by atoms with Gasteiger partial charge in [0.25, 0.3) is 0 Å². The van der Waals surface area contributed by atoms with Crippen LogP contribution in [0.4, 0.5) is 0 Å². The highest BCUT2D eigenvalue weighted by atomic mass is 16.2. The maximum Gasteiger partial charge on any atom is 0.228 e. The first-order chi connectivity index (χ1) is 8.03. The van der Waals surface area contributed by atoms with Crippen LogP contribution >= 0.6 is 0 Å². The maximum atomic E-state index is 12.4. The molecule has 0 unspecified atom stereocenters. The van der Waals surface area contributed by atoms with Gasteiger partial charge in [-0.25, -0.2) is 0 Å². The van der Waals surface area contributed by atoms with Gasteiger partial charge in [-0.3, -0.25) is 9.59 Å². The van der Waals surface area contributed by atoms with E-state index in [0.717, 1.165) is 38.8 Å². The van der Waals surface area contributed by atoms with E-state index < -0.39 is 0 Å². The summed E-state index contributed by atoms with van der Waals surface area (Å²) in [7, 11) is 0. The normalized spacial score (nSPS) is 24.1. The van der Waals surface area contributed by atoms with Crippen molar-refractivity contribution in [1.82, 2.24) is 4.90 Å². The van der Waals surface area contributed by atoms with Gasteiger partial charge >= 0.3 is 0 Å². The fraction of sp³-hybridized carbons (Fsp3) is 0.857. The molecule has 0 aromatic carbocycles. The number of nitrogens with zero attached hydrogens (tertiary/aromatic N) is 1. The molecule has 1 spiro atoms. The zero-order chi connectivity index (χ0) is 12.5. The minimum atomic E-state index is -0.162. The van der Waals surface area contributed by atoms with E-state index >= 15 is 0 Å². The monoisotopic (exact) mass is 237 g/mol. The van der Waals surface area contributed by atoms with Crippen LogP contribution in [0.25, 0.3) is 0 Å². The second-order valence-corrected chi connectivity index (χ2v) is 6.04. The van der Waals surface area contributed by atoms with Crippen LogP contribution in [0.3, 0.4) is 0 Å². The van der Waals surface area contributed by atoms with Gasteiger partial charge in [0.1, 0.15) is 5.78 Å². The van der Waals surface area contributed by atoms with Gasteiger partial charge < -0.3 is 4.90 Å². The molecule has 3 nitrogen and oxygen atoms in total. The Morgan fingerprint density at radius 3 is 2.41 bits per heavy atom. The van der Waals surface area contributed by atoms with Crippen molar-refractivity contribution < 1.29 is 9.59 Å². The minimum absolute atomic E-state index is 0.162. The van der Waals surface area contributed by atoms with Crippen molar-refractivity contribution in [3.63, 3.8) is 0 Å². The zero-order valence-corrected chi connectivity index (χ0v) is 11.0. The van der Waals surface area contributed by atoms with Crippen molar-refractivity contribution in [3.8, 4) is 0 Å². The molecule has 1 amide bonds. The van der Waals surface area contributed by atoms with Crippen molar-refractivity contribution in [3.05, 3.63) is 0 Å². The predicted molar refractivity (Wildman–Crippen MR) is 66.6 cm³/mol. The number of ketones is 1. The molecular formula is C14H23NO2. The first kappa shape index (κ1) is 12.6. The largest absolute Gasteiger partial charge is 0.342 e. The zero-order valence-electron chi connectivity index (χ0n) is 11.0. The first-order valence-corrected chi connectivity index (χ1v) is 6.85. The van der Waals surface area contributed by atoms with Crippen molar-refractivity contribution in [2.24, 2.45) is 11.3 Å². The van der Waals surface area contributed by atoms with E-state index in [1.54, 1.807) is 0 Å². The van der Waals surface area contributed by atoms with E-state index in [4.69, 9.17) is 0 Å². The van der Waals surface area contributed by atoms with Crippen molar-refractivity contribution in [2.45, 2.75) is 52.4 Å². The molecule has 96 valence electrons. The third-order valence-corrected chi connectivity index (χ3v) is 4.34. The summed E-state index contributed by atoms with van der Waals surface area (Å²) < 4.78 is 0. The number of hydrogen-bond acceptors (Lipinski definition) is 2. The summed E-state index contributed by atoms with van der Waals surface area (Å²) in [5, 5.41) is 0. The summed E-state index contributed by atoms with van der Waals surface area (Å²) in [6.45, 7) is 6.18. The van der Waals surface area contributed by atoms with Crippen LogP contribution in [0, 0.1) is 11.3 Å². The molecule has 0 bridgehead atoms. The van der Waals surface area contributed by atoms with E-state index in [9.17, 15) is 9.59 Å². The van der Waals surface area contributed by atoms with E-state index in [1.165, 1.54) is 0 Å². The third kappa shape index (κ3) is 2.53. The van der Waals surface area contributed by atoms with Crippen LogP contribution in [-0.4, -0.2) is 29.7 Å². The Hall–Kier alpha value is -0.860. The van der Waals surface area contributed by atoms with E-state index in [2.05, 4.69) is 13.8 Å². The smallest absolute Gasteiger partial charge is 0.228 e. The number of amides is 1. The van der Waals surface area contributed by atoms with Crippen LogP contribution < -0.4 is 0 Å². The molecule has 2 aliphatic rings. The third-order valence-electron chi connectivity index (χ3n) is 4.34. The quantitative estimate of drug-likeness (QED) is 0.756. The molecule has 1 heterocycles. The Balaban J connectivity index is 1.95. The summed E-state index contributed by atoms with van der Waals surface area (Å²) in [6.07, 6.45) is 4.87. The van der Waals surface area contributed by atoms with Gasteiger partial charge in [0.05, 0.1) is 5.41 Å². The van der Waals surface area contributed by atoms with Gasteiger partial charge in [-0.1, -0.05) is 13.8 Å². The average Bonchev–Trinajstić information content (AvgIpc) is 2.59. The van der Waals surface area contributed by atoms with Crippen molar-refractivity contribution >= 4 is 11.7 Å². The van der Waals surface area contributed by atoms with Crippen LogP contribution in [0.15, 0.2) is 0 Å². The molecule has 2 fully saturated rings. The maximum absolute atomic E-state index is 12.4. The number of hydrogen-bond donors (Lipinski definition) is 0. The fourth-order valence-corrected chi connectivity index (χ4v) is 2.99. The lowest BCUT2D eigenvalue weighted by atomic mass is 9.72. The first-order valence-electron chi connectivity index (χ1n) is 6.85. The number of rotatable bonds is 3. The lowest BCUT2D eigenvalue weighted by molar-refractivity contribution is -0.139. The van der Waals surface area contributed by atoms with Gasteiger partial charge in [-0.15, -0.1) is 0 Å². The highest BCUT2D eigenvalue weighted by Crippen LogP contribution is 2.43. The van der Waals surface area contributed by atoms with Gasteiger partial charge in [-0.2, -0.15) is 0 Å². The van der Waals surface area contributed by atoms with Gasteiger partial charge in [0.2, 0.25) is 5.91 Å². The minimum Gasteiger partial charge on any atom is -0.342 e. The molecule has 1 saturated carbocycles. The lowest BCUT2D eigenvalue weighted by Crippen LogP contribution is -2.38. The number of carbonyl (C=O) groups excluding carboxylic acids is 2. The van der Waals surface area contributed by atoms with E-state index in [-0.39, 0.29) is 5.41 Å². The molecule has 2 rings (SSSR count). The summed E-state index contributed by atoms with van der Waals surface area (Å²) in [6, 6.07) is 0. The Morgan fingerprint density at radius 1 is 1.18 bits per heavy atom. The standard InChI is InChI=1S/C14H23NO2/c1-11(2)5-9-15-10-8-14(13(15)17)6-3-12(16)4-7-14/h11H,3-10H2,1-2H3. The van der Waals surface area contributed by atoms with Crippen LogP contribution in [0.1, 0.15) is 52.4 Å². The second kappa shape index (κ2) is 4.79. The van der Waals surface area contributed by atoms with E-state index in [0.29, 0.717) is 30.4 Å². The Bertz CT molecular complexity index is 312. The predicted octanol–water partition coefficient (Wildman–Crippen LogP) is 2.39. The topological polar surface area (TPSA) is 37.4 Å². The summed E-state index contributed by atoms with van der Waals surface area (Å²) in [5.41, 5.74) is -0.162. The highest BCUT2D eigenvalue weighted by Gasteiger charge is 2.47. The molecular weight excluding hydrogens is 214 g/mol. The molecule has 1 aliphatic heterocycles. The Morgan fingerprint density at radius 2 is 1.82 bits per heavy atom. The number of carbonyl (C=O) groups is 2. The van der Waals surface area contributed by atoms with Crippen molar-refractivity contribution in [2.75, 3.05) is 13.1 Å². The van der Waals surface area contributed by atoms with Crippen LogP contribution in [0.2, 0.25) is 0 Å². The average molecular weight is 237 g/mol.